The number of hydrogen-bond acceptors (Lipinski definition) is 5. The molecule has 0 aliphatic rings. The lowest BCUT2D eigenvalue weighted by atomic mass is 10.2. The van der Waals surface area contributed by atoms with Crippen LogP contribution in [0, 0.1) is 0 Å². The molecule has 22 heavy (non-hydrogen) atoms. The standard InChI is InChI=1S/C15H12N5O2/c1-20-9-11(7-19-20)14-6-12(4-5-16-14)22-13-2-3-15(17-8-13)18-10-21/h2-9H,1H3,(H,17,18,21). The zero-order valence-electron chi connectivity index (χ0n) is 11.7. The summed E-state index contributed by atoms with van der Waals surface area (Å²) in [7, 11) is 1.85. The van der Waals surface area contributed by atoms with Crippen molar-refractivity contribution in [2.75, 3.05) is 5.32 Å². The van der Waals surface area contributed by atoms with Crippen molar-refractivity contribution in [2.24, 2.45) is 7.05 Å². The zero-order chi connectivity index (χ0) is 15.4. The van der Waals surface area contributed by atoms with Gasteiger partial charge >= 0.3 is 6.41 Å². The first kappa shape index (κ1) is 13.7. The Labute approximate surface area is 126 Å². The van der Waals surface area contributed by atoms with Crippen LogP contribution in [0.15, 0.2) is 49.1 Å². The molecule has 7 heteroatoms. The average molecular weight is 294 g/mol. The summed E-state index contributed by atoms with van der Waals surface area (Å²) in [4.78, 5) is 18.5. The molecule has 1 radical (unpaired) electrons. The van der Waals surface area contributed by atoms with Crippen molar-refractivity contribution in [1.82, 2.24) is 19.7 Å². The zero-order valence-corrected chi connectivity index (χ0v) is 11.7. The van der Waals surface area contributed by atoms with Crippen LogP contribution in [-0.4, -0.2) is 26.2 Å². The van der Waals surface area contributed by atoms with E-state index in [2.05, 4.69) is 20.4 Å². The number of anilines is 1. The summed E-state index contributed by atoms with van der Waals surface area (Å²) in [6.45, 7) is 0. The number of amides is 1. The molecule has 0 atom stereocenters. The molecule has 0 saturated heterocycles. The minimum absolute atomic E-state index is 0.410. The first-order chi connectivity index (χ1) is 10.7. The van der Waals surface area contributed by atoms with E-state index >= 15 is 0 Å². The maximum absolute atomic E-state index is 10.2. The molecule has 3 aromatic heterocycles. The Hall–Kier alpha value is -3.22. The molecule has 0 bridgehead atoms. The molecular formula is C15H12N5O2. The molecule has 109 valence electrons. The number of pyridine rings is 2. The molecule has 0 spiro atoms. The SMILES string of the molecule is Cn1cc(-c2cc(Oc3ccc(N[C]=O)nc3)ccn2)cn1. The van der Waals surface area contributed by atoms with E-state index in [0.717, 1.165) is 11.3 Å². The van der Waals surface area contributed by atoms with Crippen LogP contribution in [-0.2, 0) is 11.8 Å². The molecule has 0 fully saturated rings. The number of nitrogens with one attached hydrogen (secondary N) is 1. The molecule has 3 heterocycles. The third kappa shape index (κ3) is 3.09. The third-order valence-electron chi connectivity index (χ3n) is 2.88. The molecular weight excluding hydrogens is 282 g/mol. The lowest BCUT2D eigenvalue weighted by Gasteiger charge is -2.06. The number of aromatic nitrogens is 4. The fraction of sp³-hybridized carbons (Fsp3) is 0.0667. The maximum atomic E-state index is 10.2. The summed E-state index contributed by atoms with van der Waals surface area (Å²) < 4.78 is 7.44. The van der Waals surface area contributed by atoms with Crippen molar-refractivity contribution in [3.05, 3.63) is 49.1 Å². The molecule has 1 N–H and O–H groups in total. The van der Waals surface area contributed by atoms with Crippen LogP contribution >= 0.6 is 0 Å². The van der Waals surface area contributed by atoms with Gasteiger partial charge in [0.1, 0.15) is 17.3 Å². The second-order valence-electron chi connectivity index (χ2n) is 4.49. The number of ether oxygens (including phenoxy) is 1. The fourth-order valence-electron chi connectivity index (χ4n) is 1.89. The minimum atomic E-state index is 0.410. The van der Waals surface area contributed by atoms with Gasteiger partial charge in [-0.2, -0.15) is 5.10 Å². The predicted octanol–water partition coefficient (Wildman–Crippen LogP) is 2.15. The van der Waals surface area contributed by atoms with Gasteiger partial charge < -0.3 is 10.1 Å². The number of carbonyl (C=O) groups excluding carboxylic acids is 1. The van der Waals surface area contributed by atoms with Gasteiger partial charge in [-0.15, -0.1) is 0 Å². The highest BCUT2D eigenvalue weighted by Gasteiger charge is 2.05. The summed E-state index contributed by atoms with van der Waals surface area (Å²) in [6.07, 6.45) is 8.37. The van der Waals surface area contributed by atoms with Gasteiger partial charge in [0.2, 0.25) is 0 Å². The van der Waals surface area contributed by atoms with E-state index in [1.165, 1.54) is 6.20 Å². The number of nitrogens with zero attached hydrogens (tertiary/aromatic N) is 4. The Morgan fingerprint density at radius 2 is 2.09 bits per heavy atom. The number of aryl methyl sites for hydroxylation is 1. The summed E-state index contributed by atoms with van der Waals surface area (Å²) in [6, 6.07) is 6.91. The molecule has 0 aliphatic carbocycles. The van der Waals surface area contributed by atoms with Gasteiger partial charge in [-0.1, -0.05) is 0 Å². The average Bonchev–Trinajstić information content (AvgIpc) is 2.97. The maximum Gasteiger partial charge on any atom is 0.315 e. The molecule has 0 saturated carbocycles. The van der Waals surface area contributed by atoms with Gasteiger partial charge in [-0.3, -0.25) is 14.5 Å². The Kier molecular flexibility index (Phi) is 3.78. The van der Waals surface area contributed by atoms with Gasteiger partial charge in [0.05, 0.1) is 18.1 Å². The first-order valence-corrected chi connectivity index (χ1v) is 6.47. The normalized spacial score (nSPS) is 10.2. The Morgan fingerprint density at radius 3 is 2.77 bits per heavy atom. The van der Waals surface area contributed by atoms with Gasteiger partial charge in [0, 0.05) is 31.1 Å². The summed E-state index contributed by atoms with van der Waals surface area (Å²) in [5.41, 5.74) is 1.68. The van der Waals surface area contributed by atoms with Gasteiger partial charge in [0.25, 0.3) is 0 Å². The van der Waals surface area contributed by atoms with E-state index < -0.39 is 0 Å². The Balaban J connectivity index is 1.79. The Morgan fingerprint density at radius 1 is 1.18 bits per heavy atom. The first-order valence-electron chi connectivity index (χ1n) is 6.47. The smallest absolute Gasteiger partial charge is 0.315 e. The van der Waals surface area contributed by atoms with Gasteiger partial charge in [0.15, 0.2) is 0 Å². The monoisotopic (exact) mass is 294 g/mol. The lowest BCUT2D eigenvalue weighted by Crippen LogP contribution is -1.96. The van der Waals surface area contributed by atoms with Crippen LogP contribution in [0.1, 0.15) is 0 Å². The lowest BCUT2D eigenvalue weighted by molar-refractivity contribution is 0.480. The summed E-state index contributed by atoms with van der Waals surface area (Å²) >= 11 is 0. The highest BCUT2D eigenvalue weighted by atomic mass is 16.5. The van der Waals surface area contributed by atoms with E-state index in [4.69, 9.17) is 4.74 Å². The molecule has 0 aromatic carbocycles. The van der Waals surface area contributed by atoms with Crippen LogP contribution in [0.4, 0.5) is 5.82 Å². The molecule has 0 aliphatic heterocycles. The minimum Gasteiger partial charge on any atom is -0.456 e. The predicted molar refractivity (Wildman–Crippen MR) is 80.1 cm³/mol. The van der Waals surface area contributed by atoms with Crippen LogP contribution in [0.5, 0.6) is 11.5 Å². The fourth-order valence-corrected chi connectivity index (χ4v) is 1.89. The molecule has 3 rings (SSSR count). The van der Waals surface area contributed by atoms with E-state index in [1.54, 1.807) is 41.7 Å². The quantitative estimate of drug-likeness (QED) is 0.729. The highest BCUT2D eigenvalue weighted by Crippen LogP contribution is 2.25. The van der Waals surface area contributed by atoms with Crippen molar-refractivity contribution in [2.45, 2.75) is 0 Å². The topological polar surface area (TPSA) is 81.9 Å². The van der Waals surface area contributed by atoms with Gasteiger partial charge in [-0.05, 0) is 18.2 Å². The van der Waals surface area contributed by atoms with E-state index in [1.807, 2.05) is 19.3 Å². The summed E-state index contributed by atoms with van der Waals surface area (Å²) in [5.74, 6) is 1.60. The van der Waals surface area contributed by atoms with Crippen molar-refractivity contribution in [1.29, 1.82) is 0 Å². The third-order valence-corrected chi connectivity index (χ3v) is 2.88. The summed E-state index contributed by atoms with van der Waals surface area (Å²) in [5, 5.41) is 6.46. The molecule has 0 unspecified atom stereocenters. The molecule has 7 nitrogen and oxygen atoms in total. The van der Waals surface area contributed by atoms with E-state index in [9.17, 15) is 4.79 Å². The largest absolute Gasteiger partial charge is 0.456 e. The van der Waals surface area contributed by atoms with Crippen molar-refractivity contribution in [3.63, 3.8) is 0 Å². The Bertz CT molecular complexity index is 783. The van der Waals surface area contributed by atoms with Crippen molar-refractivity contribution >= 4 is 12.2 Å². The van der Waals surface area contributed by atoms with Crippen molar-refractivity contribution in [3.8, 4) is 22.8 Å². The van der Waals surface area contributed by atoms with E-state index in [0.29, 0.717) is 17.3 Å². The van der Waals surface area contributed by atoms with Crippen LogP contribution in [0.2, 0.25) is 0 Å². The second kappa shape index (κ2) is 6.04. The van der Waals surface area contributed by atoms with Crippen LogP contribution < -0.4 is 10.1 Å². The number of hydrogen-bond donors (Lipinski definition) is 1. The van der Waals surface area contributed by atoms with E-state index in [-0.39, 0.29) is 0 Å². The van der Waals surface area contributed by atoms with Crippen LogP contribution in [0.25, 0.3) is 11.3 Å². The molecule has 1 amide bonds. The number of rotatable bonds is 5. The molecule has 3 aromatic rings. The second-order valence-corrected chi connectivity index (χ2v) is 4.49. The van der Waals surface area contributed by atoms with Crippen molar-refractivity contribution < 1.29 is 9.53 Å². The van der Waals surface area contributed by atoms with Gasteiger partial charge in [-0.25, -0.2) is 4.98 Å². The van der Waals surface area contributed by atoms with Crippen LogP contribution in [0.3, 0.4) is 0 Å². The highest BCUT2D eigenvalue weighted by molar-refractivity contribution is 5.69.